The molecule has 1 N–H and O–H groups in total. The number of nitrogens with zero attached hydrogens (tertiary/aromatic N) is 1. The van der Waals surface area contributed by atoms with Crippen LogP contribution in [0.2, 0.25) is 0 Å². The van der Waals surface area contributed by atoms with Gasteiger partial charge < -0.3 is 10.1 Å². The molecule has 246 valence electrons. The summed E-state index contributed by atoms with van der Waals surface area (Å²) in [5, 5.41) is 4.89. The van der Waals surface area contributed by atoms with E-state index in [4.69, 9.17) is 9.72 Å². The summed E-state index contributed by atoms with van der Waals surface area (Å²) in [5.74, 6) is 1.74. The van der Waals surface area contributed by atoms with E-state index in [1.165, 1.54) is 16.7 Å². The summed E-state index contributed by atoms with van der Waals surface area (Å²) in [6.07, 6.45) is 4.43. The van der Waals surface area contributed by atoms with E-state index in [-0.39, 0.29) is 6.04 Å². The Morgan fingerprint density at radius 1 is 0.519 bits per heavy atom. The second-order valence-electron chi connectivity index (χ2n) is 13.6. The van der Waals surface area contributed by atoms with Crippen molar-refractivity contribution in [2.45, 2.75) is 11.5 Å². The minimum Gasteiger partial charge on any atom is -0.457 e. The number of aromatic nitrogens is 1. The molecule has 8 aromatic rings. The molecule has 0 spiro atoms. The summed E-state index contributed by atoms with van der Waals surface area (Å²) >= 11 is 0. The molecular weight excluding hydrogens is 633 g/mol. The first-order valence-electron chi connectivity index (χ1n) is 17.8. The maximum Gasteiger partial charge on any atom is 0.132 e. The maximum atomic E-state index is 6.66. The second kappa shape index (κ2) is 12.3. The number of ether oxygens (including phenoxy) is 1. The normalized spacial score (nSPS) is 15.1. The zero-order chi connectivity index (χ0) is 34.5. The highest BCUT2D eigenvalue weighted by molar-refractivity contribution is 5.97. The standard InChI is InChI=1S/C49H34N2O/c1-4-13-33(14-5-1)43-28-25-34-23-24-35-26-29-44(51-48(35)47(34)50-43)38-16-12-15-36(31-38)37-27-30-46-42(32-37)49(39-17-6-2-7-18-39,40-19-8-3-9-20-40)41-21-10-11-22-45(41)52-46/h1-32,43,50H. The largest absolute Gasteiger partial charge is 0.457 e. The summed E-state index contributed by atoms with van der Waals surface area (Å²) in [7, 11) is 0. The Hall–Kier alpha value is -6.71. The molecule has 0 bridgehead atoms. The second-order valence-corrected chi connectivity index (χ2v) is 13.6. The van der Waals surface area contributed by atoms with Gasteiger partial charge in [0.15, 0.2) is 0 Å². The number of rotatable bonds is 5. The number of fused-ring (bicyclic) bond motifs is 5. The molecule has 2 aliphatic heterocycles. The molecule has 0 aliphatic carbocycles. The molecule has 10 rings (SSSR count). The molecule has 52 heavy (non-hydrogen) atoms. The lowest BCUT2D eigenvalue weighted by atomic mass is 9.63. The molecule has 0 radical (unpaired) electrons. The van der Waals surface area contributed by atoms with Crippen molar-refractivity contribution in [3.8, 4) is 33.9 Å². The predicted octanol–water partition coefficient (Wildman–Crippen LogP) is 12.2. The summed E-state index contributed by atoms with van der Waals surface area (Å²) in [6, 6.07) is 64.8. The number of hydrogen-bond acceptors (Lipinski definition) is 3. The Bertz CT molecular complexity index is 2590. The molecule has 0 fully saturated rings. The van der Waals surface area contributed by atoms with Crippen LogP contribution >= 0.6 is 0 Å². The SMILES string of the molecule is C1=CC(c2ccccc2)Nc2c1ccc1ccc(-c3cccc(-c4ccc5c(c4)C(c4ccccc4)(c4ccccc4)c4ccccc4O5)c3)nc21. The van der Waals surface area contributed by atoms with Crippen molar-refractivity contribution in [1.82, 2.24) is 4.98 Å². The van der Waals surface area contributed by atoms with Crippen LogP contribution < -0.4 is 10.1 Å². The third kappa shape index (κ3) is 4.85. The Balaban J connectivity index is 1.10. The Kier molecular flexibility index (Phi) is 7.10. The van der Waals surface area contributed by atoms with Crippen molar-refractivity contribution in [2.24, 2.45) is 0 Å². The first-order valence-corrected chi connectivity index (χ1v) is 17.8. The highest BCUT2D eigenvalue weighted by Crippen LogP contribution is 2.55. The third-order valence-corrected chi connectivity index (χ3v) is 10.6. The lowest BCUT2D eigenvalue weighted by Gasteiger charge is -2.41. The van der Waals surface area contributed by atoms with Crippen LogP contribution in [0.15, 0.2) is 188 Å². The highest BCUT2D eigenvalue weighted by atomic mass is 16.5. The fourth-order valence-electron chi connectivity index (χ4n) is 8.16. The number of para-hydroxylation sites is 1. The molecule has 0 amide bonds. The maximum absolute atomic E-state index is 6.66. The minimum absolute atomic E-state index is 0.0897. The molecule has 7 aromatic carbocycles. The fourth-order valence-corrected chi connectivity index (χ4v) is 8.16. The molecule has 1 aromatic heterocycles. The van der Waals surface area contributed by atoms with Gasteiger partial charge in [0.1, 0.15) is 11.5 Å². The van der Waals surface area contributed by atoms with Crippen LogP contribution in [0.5, 0.6) is 11.5 Å². The summed E-state index contributed by atoms with van der Waals surface area (Å²) in [4.78, 5) is 5.30. The van der Waals surface area contributed by atoms with Gasteiger partial charge in [-0.15, -0.1) is 0 Å². The molecule has 1 unspecified atom stereocenters. The first-order chi connectivity index (χ1) is 25.8. The van der Waals surface area contributed by atoms with E-state index >= 15 is 0 Å². The van der Waals surface area contributed by atoms with Crippen LogP contribution in [0.25, 0.3) is 39.4 Å². The lowest BCUT2D eigenvalue weighted by Crippen LogP contribution is -2.34. The summed E-state index contributed by atoms with van der Waals surface area (Å²) in [6.45, 7) is 0. The van der Waals surface area contributed by atoms with Gasteiger partial charge in [0.25, 0.3) is 0 Å². The number of benzene rings is 7. The van der Waals surface area contributed by atoms with Crippen LogP contribution in [0.4, 0.5) is 5.69 Å². The number of nitrogens with one attached hydrogen (secondary N) is 1. The van der Waals surface area contributed by atoms with E-state index in [0.29, 0.717) is 0 Å². The monoisotopic (exact) mass is 666 g/mol. The number of anilines is 1. The van der Waals surface area contributed by atoms with Crippen molar-refractivity contribution in [2.75, 3.05) is 5.32 Å². The Labute approximate surface area is 303 Å². The fraction of sp³-hybridized carbons (Fsp3) is 0.0408. The molecule has 0 saturated carbocycles. The van der Waals surface area contributed by atoms with E-state index in [9.17, 15) is 0 Å². The zero-order valence-electron chi connectivity index (χ0n) is 28.4. The van der Waals surface area contributed by atoms with Gasteiger partial charge in [-0.2, -0.15) is 0 Å². The average Bonchev–Trinajstić information content (AvgIpc) is 3.23. The van der Waals surface area contributed by atoms with E-state index in [0.717, 1.165) is 67.2 Å². The molecular formula is C49H34N2O. The first kappa shape index (κ1) is 30.1. The van der Waals surface area contributed by atoms with E-state index in [1.807, 2.05) is 0 Å². The van der Waals surface area contributed by atoms with E-state index in [1.54, 1.807) is 0 Å². The minimum atomic E-state index is -0.571. The van der Waals surface area contributed by atoms with Crippen molar-refractivity contribution in [3.05, 3.63) is 221 Å². The topological polar surface area (TPSA) is 34.1 Å². The molecule has 3 heteroatoms. The zero-order valence-corrected chi connectivity index (χ0v) is 28.4. The predicted molar refractivity (Wildman–Crippen MR) is 213 cm³/mol. The molecule has 3 nitrogen and oxygen atoms in total. The van der Waals surface area contributed by atoms with Crippen LogP contribution in [-0.4, -0.2) is 4.98 Å². The van der Waals surface area contributed by atoms with Gasteiger partial charge in [-0.1, -0.05) is 164 Å². The molecule has 3 heterocycles. The number of hydrogen-bond donors (Lipinski definition) is 1. The van der Waals surface area contributed by atoms with Crippen molar-refractivity contribution >= 4 is 22.7 Å². The van der Waals surface area contributed by atoms with Crippen LogP contribution in [0, 0.1) is 0 Å². The quantitative estimate of drug-likeness (QED) is 0.198. The molecule has 1 atom stereocenters. The average molecular weight is 667 g/mol. The molecule has 0 saturated heterocycles. The van der Waals surface area contributed by atoms with Gasteiger partial charge in [-0.25, -0.2) is 4.98 Å². The van der Waals surface area contributed by atoms with Gasteiger partial charge in [-0.05, 0) is 63.7 Å². The number of pyridine rings is 1. The van der Waals surface area contributed by atoms with Crippen LogP contribution in [0.1, 0.15) is 39.4 Å². The van der Waals surface area contributed by atoms with E-state index < -0.39 is 5.41 Å². The van der Waals surface area contributed by atoms with Gasteiger partial charge in [0.05, 0.1) is 28.4 Å². The van der Waals surface area contributed by atoms with Gasteiger partial charge >= 0.3 is 0 Å². The Morgan fingerprint density at radius 2 is 1.17 bits per heavy atom. The highest BCUT2D eigenvalue weighted by Gasteiger charge is 2.45. The van der Waals surface area contributed by atoms with Crippen LogP contribution in [0.3, 0.4) is 0 Å². The molecule has 2 aliphatic rings. The van der Waals surface area contributed by atoms with Gasteiger partial charge in [0, 0.05) is 22.1 Å². The summed E-state index contributed by atoms with van der Waals surface area (Å²) in [5.41, 5.74) is 12.8. The lowest BCUT2D eigenvalue weighted by molar-refractivity contribution is 0.434. The van der Waals surface area contributed by atoms with Gasteiger partial charge in [-0.3, -0.25) is 0 Å². The van der Waals surface area contributed by atoms with Crippen molar-refractivity contribution in [3.63, 3.8) is 0 Å². The third-order valence-electron chi connectivity index (χ3n) is 10.6. The van der Waals surface area contributed by atoms with Crippen molar-refractivity contribution < 1.29 is 4.74 Å². The van der Waals surface area contributed by atoms with Gasteiger partial charge in [0.2, 0.25) is 0 Å². The summed E-state index contributed by atoms with van der Waals surface area (Å²) < 4.78 is 6.66. The van der Waals surface area contributed by atoms with E-state index in [2.05, 4.69) is 199 Å². The smallest absolute Gasteiger partial charge is 0.132 e. The Morgan fingerprint density at radius 3 is 1.96 bits per heavy atom. The van der Waals surface area contributed by atoms with Crippen LogP contribution in [-0.2, 0) is 5.41 Å². The van der Waals surface area contributed by atoms with Crippen molar-refractivity contribution in [1.29, 1.82) is 0 Å².